The lowest BCUT2D eigenvalue weighted by Crippen LogP contribution is -2.32. The Morgan fingerprint density at radius 1 is 1.19 bits per heavy atom. The number of benzene rings is 1. The fraction of sp³-hybridized carbons (Fsp3) is 0.263. The van der Waals surface area contributed by atoms with E-state index in [2.05, 4.69) is 15.4 Å². The zero-order valence-electron chi connectivity index (χ0n) is 15.0. The number of nitrogens with one attached hydrogen (secondary N) is 1. The predicted molar refractivity (Wildman–Crippen MR) is 107 cm³/mol. The smallest absolute Gasteiger partial charge is 0.266 e. The first-order valence-corrected chi connectivity index (χ1v) is 9.65. The van der Waals surface area contributed by atoms with Crippen LogP contribution in [0.5, 0.6) is 0 Å². The molecule has 6 nitrogen and oxygen atoms in total. The molecule has 8 heteroatoms. The zero-order chi connectivity index (χ0) is 19.4. The second-order valence-corrected chi connectivity index (χ2v) is 7.72. The Balaban J connectivity index is 1.61. The Labute approximate surface area is 165 Å². The van der Waals surface area contributed by atoms with Crippen LogP contribution in [0.25, 0.3) is 10.6 Å². The normalized spacial score (nSPS) is 10.8. The van der Waals surface area contributed by atoms with Gasteiger partial charge in [-0.05, 0) is 37.6 Å². The Morgan fingerprint density at radius 2 is 1.93 bits per heavy atom. The highest BCUT2D eigenvalue weighted by Gasteiger charge is 2.11. The number of rotatable bonds is 6. The molecule has 0 aliphatic carbocycles. The Hall–Kier alpha value is -2.51. The molecular weight excluding hydrogens is 384 g/mol. The average molecular weight is 403 g/mol. The number of carbonyl (C=O) groups excluding carboxylic acids is 1. The van der Waals surface area contributed by atoms with Crippen molar-refractivity contribution in [3.8, 4) is 10.6 Å². The molecule has 0 spiro atoms. The van der Waals surface area contributed by atoms with Gasteiger partial charge in [-0.15, -0.1) is 11.3 Å². The van der Waals surface area contributed by atoms with Crippen molar-refractivity contribution in [3.05, 3.63) is 68.0 Å². The molecule has 1 amide bonds. The zero-order valence-corrected chi connectivity index (χ0v) is 16.6. The highest BCUT2D eigenvalue weighted by Crippen LogP contribution is 2.27. The summed E-state index contributed by atoms with van der Waals surface area (Å²) >= 11 is 7.38. The molecule has 2 aromatic heterocycles. The molecule has 27 heavy (non-hydrogen) atoms. The van der Waals surface area contributed by atoms with Crippen molar-refractivity contribution >= 4 is 28.8 Å². The summed E-state index contributed by atoms with van der Waals surface area (Å²) in [6.07, 6.45) is 0.263. The van der Waals surface area contributed by atoms with Crippen molar-refractivity contribution in [1.29, 1.82) is 0 Å². The molecule has 0 unspecified atom stereocenters. The minimum absolute atomic E-state index is 0.115. The molecular formula is C19H19ClN4O2S. The summed E-state index contributed by atoms with van der Waals surface area (Å²) in [7, 11) is 0. The molecule has 0 radical (unpaired) electrons. The van der Waals surface area contributed by atoms with Crippen LogP contribution >= 0.6 is 22.9 Å². The highest BCUT2D eigenvalue weighted by molar-refractivity contribution is 7.15. The first kappa shape index (κ1) is 19.3. The van der Waals surface area contributed by atoms with Crippen molar-refractivity contribution < 1.29 is 4.79 Å². The molecule has 3 rings (SSSR count). The largest absolute Gasteiger partial charge is 0.354 e. The van der Waals surface area contributed by atoms with Gasteiger partial charge in [0.2, 0.25) is 5.91 Å². The average Bonchev–Trinajstić information content (AvgIpc) is 2.97. The second-order valence-electron chi connectivity index (χ2n) is 6.08. The first-order valence-electron chi connectivity index (χ1n) is 8.46. The van der Waals surface area contributed by atoms with Crippen LogP contribution in [0.15, 0.2) is 41.2 Å². The summed E-state index contributed by atoms with van der Waals surface area (Å²) in [5, 5.41) is 8.82. The fourth-order valence-electron chi connectivity index (χ4n) is 2.65. The van der Waals surface area contributed by atoms with Crippen molar-refractivity contribution in [3.63, 3.8) is 0 Å². The number of halogens is 1. The van der Waals surface area contributed by atoms with Gasteiger partial charge in [-0.25, -0.2) is 9.67 Å². The molecule has 0 bridgehead atoms. The molecule has 0 saturated carbocycles. The van der Waals surface area contributed by atoms with Crippen molar-refractivity contribution in [1.82, 2.24) is 20.1 Å². The topological polar surface area (TPSA) is 76.9 Å². The molecule has 140 valence electrons. The van der Waals surface area contributed by atoms with Gasteiger partial charge in [0.25, 0.3) is 5.56 Å². The van der Waals surface area contributed by atoms with Crippen molar-refractivity contribution in [2.75, 3.05) is 6.54 Å². The third-order valence-corrected chi connectivity index (χ3v) is 5.27. The molecule has 0 fully saturated rings. The molecule has 1 aromatic carbocycles. The summed E-state index contributed by atoms with van der Waals surface area (Å²) in [5.41, 5.74) is 2.28. The van der Waals surface area contributed by atoms with Crippen LogP contribution in [-0.4, -0.2) is 27.2 Å². The molecule has 0 atom stereocenters. The Kier molecular flexibility index (Phi) is 6.03. The number of hydrogen-bond donors (Lipinski definition) is 1. The summed E-state index contributed by atoms with van der Waals surface area (Å²) in [5.74, 6) is -0.115. The van der Waals surface area contributed by atoms with Crippen molar-refractivity contribution in [2.45, 2.75) is 26.8 Å². The van der Waals surface area contributed by atoms with Gasteiger partial charge in [0.15, 0.2) is 0 Å². The lowest BCUT2D eigenvalue weighted by Gasteiger charge is -2.08. The number of nitrogens with zero attached hydrogens (tertiary/aromatic N) is 3. The molecule has 0 saturated heterocycles. The van der Waals surface area contributed by atoms with E-state index in [1.54, 1.807) is 29.5 Å². The Bertz CT molecular complexity index is 1010. The molecule has 1 N–H and O–H groups in total. The van der Waals surface area contributed by atoms with Crippen LogP contribution in [0.1, 0.15) is 16.3 Å². The van der Waals surface area contributed by atoms with Crippen LogP contribution in [-0.2, 0) is 17.8 Å². The van der Waals surface area contributed by atoms with E-state index in [0.29, 0.717) is 23.8 Å². The summed E-state index contributed by atoms with van der Waals surface area (Å²) < 4.78 is 1.37. The maximum Gasteiger partial charge on any atom is 0.266 e. The van der Waals surface area contributed by atoms with E-state index >= 15 is 0 Å². The SMILES string of the molecule is Cc1nc(C)c(-c2ccc(=O)n(CCNC(=O)Cc3ccc(Cl)cc3)n2)s1. The van der Waals surface area contributed by atoms with Gasteiger partial charge in [0.05, 0.1) is 28.5 Å². The van der Waals surface area contributed by atoms with Gasteiger partial charge in [-0.2, -0.15) is 5.10 Å². The van der Waals surface area contributed by atoms with Crippen LogP contribution in [0.2, 0.25) is 5.02 Å². The van der Waals surface area contributed by atoms with E-state index in [0.717, 1.165) is 21.1 Å². The van der Waals surface area contributed by atoms with Gasteiger partial charge in [0.1, 0.15) is 5.69 Å². The lowest BCUT2D eigenvalue weighted by molar-refractivity contribution is -0.120. The summed E-state index contributed by atoms with van der Waals surface area (Å²) in [6, 6.07) is 10.3. The van der Waals surface area contributed by atoms with E-state index in [4.69, 9.17) is 11.6 Å². The number of thiazole rings is 1. The van der Waals surface area contributed by atoms with E-state index in [1.807, 2.05) is 26.0 Å². The second kappa shape index (κ2) is 8.45. The lowest BCUT2D eigenvalue weighted by atomic mass is 10.1. The minimum atomic E-state index is -0.204. The Morgan fingerprint density at radius 3 is 2.59 bits per heavy atom. The van der Waals surface area contributed by atoms with E-state index < -0.39 is 0 Å². The first-order chi connectivity index (χ1) is 12.9. The van der Waals surface area contributed by atoms with Crippen LogP contribution in [0.3, 0.4) is 0 Å². The third-order valence-electron chi connectivity index (χ3n) is 3.93. The summed E-state index contributed by atoms with van der Waals surface area (Å²) in [4.78, 5) is 29.5. The number of amides is 1. The number of carbonyl (C=O) groups is 1. The van der Waals surface area contributed by atoms with Gasteiger partial charge in [-0.3, -0.25) is 9.59 Å². The molecule has 2 heterocycles. The van der Waals surface area contributed by atoms with Gasteiger partial charge < -0.3 is 5.32 Å². The number of aryl methyl sites for hydroxylation is 2. The highest BCUT2D eigenvalue weighted by atomic mass is 35.5. The van der Waals surface area contributed by atoms with Crippen molar-refractivity contribution in [2.24, 2.45) is 0 Å². The van der Waals surface area contributed by atoms with Crippen LogP contribution in [0, 0.1) is 13.8 Å². The molecule has 0 aliphatic heterocycles. The summed E-state index contributed by atoms with van der Waals surface area (Å²) in [6.45, 7) is 4.49. The maximum absolute atomic E-state index is 12.1. The van der Waals surface area contributed by atoms with Gasteiger partial charge >= 0.3 is 0 Å². The quantitative estimate of drug-likeness (QED) is 0.687. The minimum Gasteiger partial charge on any atom is -0.354 e. The van der Waals surface area contributed by atoms with Crippen LogP contribution < -0.4 is 10.9 Å². The van der Waals surface area contributed by atoms with E-state index in [9.17, 15) is 9.59 Å². The standard InChI is InChI=1S/C19H19ClN4O2S/c1-12-19(27-13(2)22-12)16-7-8-18(26)24(23-16)10-9-21-17(25)11-14-3-5-15(20)6-4-14/h3-8H,9-11H2,1-2H3,(H,21,25). The molecule has 0 aliphatic rings. The number of hydrogen-bond acceptors (Lipinski definition) is 5. The number of aromatic nitrogens is 3. The molecule has 3 aromatic rings. The van der Waals surface area contributed by atoms with Gasteiger partial charge in [0, 0.05) is 17.6 Å². The predicted octanol–water partition coefficient (Wildman–Crippen LogP) is 3.00. The third kappa shape index (κ3) is 5.02. The fourth-order valence-corrected chi connectivity index (χ4v) is 3.66. The van der Waals surface area contributed by atoms with E-state index in [1.165, 1.54) is 10.7 Å². The van der Waals surface area contributed by atoms with Crippen LogP contribution in [0.4, 0.5) is 0 Å². The maximum atomic E-state index is 12.1. The van der Waals surface area contributed by atoms with Gasteiger partial charge in [-0.1, -0.05) is 23.7 Å². The van der Waals surface area contributed by atoms with E-state index in [-0.39, 0.29) is 17.9 Å². The monoisotopic (exact) mass is 402 g/mol.